The first kappa shape index (κ1) is 15.5. The SMILES string of the molecule is Cc1cn2c(=O)cc(COc3cccc(C(F)(F)F)c3)nc2s1. The van der Waals surface area contributed by atoms with Gasteiger partial charge in [-0.25, -0.2) is 4.98 Å². The first-order valence-electron chi connectivity index (χ1n) is 6.62. The number of nitrogens with zero attached hydrogens (tertiary/aromatic N) is 2. The van der Waals surface area contributed by atoms with Gasteiger partial charge in [0.2, 0.25) is 0 Å². The number of halogens is 3. The highest BCUT2D eigenvalue weighted by atomic mass is 32.1. The molecule has 0 atom stereocenters. The second-order valence-electron chi connectivity index (χ2n) is 4.89. The van der Waals surface area contributed by atoms with Gasteiger partial charge in [0, 0.05) is 17.1 Å². The van der Waals surface area contributed by atoms with E-state index in [2.05, 4.69) is 4.98 Å². The number of rotatable bonds is 3. The van der Waals surface area contributed by atoms with Crippen LogP contribution in [-0.4, -0.2) is 9.38 Å². The van der Waals surface area contributed by atoms with Gasteiger partial charge in [0.15, 0.2) is 4.96 Å². The third kappa shape index (κ3) is 3.37. The Morgan fingerprint density at radius 1 is 1.30 bits per heavy atom. The van der Waals surface area contributed by atoms with Crippen LogP contribution in [0.3, 0.4) is 0 Å². The molecule has 0 aliphatic carbocycles. The Hall–Kier alpha value is -2.35. The molecule has 0 amide bonds. The number of hydrogen-bond donors (Lipinski definition) is 0. The lowest BCUT2D eigenvalue weighted by atomic mass is 10.2. The maximum atomic E-state index is 12.7. The Bertz CT molecular complexity index is 915. The number of thiazole rings is 1. The highest BCUT2D eigenvalue weighted by Gasteiger charge is 2.30. The van der Waals surface area contributed by atoms with Crippen molar-refractivity contribution in [3.63, 3.8) is 0 Å². The van der Waals surface area contributed by atoms with E-state index in [1.54, 1.807) is 6.20 Å². The summed E-state index contributed by atoms with van der Waals surface area (Å²) < 4.78 is 44.7. The van der Waals surface area contributed by atoms with Gasteiger partial charge in [-0.15, -0.1) is 11.3 Å². The lowest BCUT2D eigenvalue weighted by Crippen LogP contribution is -2.14. The molecule has 3 aromatic rings. The summed E-state index contributed by atoms with van der Waals surface area (Å²) in [5.41, 5.74) is -0.663. The van der Waals surface area contributed by atoms with Gasteiger partial charge in [-0.2, -0.15) is 13.2 Å². The average molecular weight is 340 g/mol. The number of aryl methyl sites for hydroxylation is 1. The lowest BCUT2D eigenvalue weighted by Gasteiger charge is -2.10. The molecule has 4 nitrogen and oxygen atoms in total. The summed E-state index contributed by atoms with van der Waals surface area (Å²) in [5.74, 6) is 0.0733. The Morgan fingerprint density at radius 3 is 2.83 bits per heavy atom. The summed E-state index contributed by atoms with van der Waals surface area (Å²) in [6, 6.07) is 5.90. The highest BCUT2D eigenvalue weighted by Crippen LogP contribution is 2.31. The van der Waals surface area contributed by atoms with Crippen molar-refractivity contribution in [3.05, 3.63) is 63.0 Å². The maximum Gasteiger partial charge on any atom is 0.416 e. The molecule has 3 rings (SSSR count). The maximum absolute atomic E-state index is 12.7. The second-order valence-corrected chi connectivity index (χ2v) is 6.11. The minimum absolute atomic E-state index is 0.0733. The Balaban J connectivity index is 1.82. The molecule has 0 aliphatic rings. The smallest absolute Gasteiger partial charge is 0.416 e. The minimum atomic E-state index is -4.43. The first-order chi connectivity index (χ1) is 10.8. The van der Waals surface area contributed by atoms with E-state index in [1.165, 1.54) is 33.9 Å². The van der Waals surface area contributed by atoms with Crippen LogP contribution in [0.4, 0.5) is 13.2 Å². The number of benzene rings is 1. The van der Waals surface area contributed by atoms with Gasteiger partial charge < -0.3 is 4.74 Å². The minimum Gasteiger partial charge on any atom is -0.487 e. The van der Waals surface area contributed by atoms with Crippen LogP contribution in [0.1, 0.15) is 16.1 Å². The Kier molecular flexibility index (Phi) is 3.85. The molecular formula is C15H11F3N2O2S. The predicted octanol–water partition coefficient (Wildman–Crippen LogP) is 3.66. The molecule has 0 bridgehead atoms. The van der Waals surface area contributed by atoms with E-state index in [4.69, 9.17) is 4.74 Å². The van der Waals surface area contributed by atoms with Crippen LogP contribution in [0.5, 0.6) is 5.75 Å². The molecule has 2 aromatic heterocycles. The molecule has 8 heteroatoms. The van der Waals surface area contributed by atoms with Crippen LogP contribution in [-0.2, 0) is 12.8 Å². The molecule has 0 saturated carbocycles. The van der Waals surface area contributed by atoms with Crippen LogP contribution in [0, 0.1) is 6.92 Å². The normalized spacial score (nSPS) is 11.8. The van der Waals surface area contributed by atoms with Crippen molar-refractivity contribution in [1.29, 1.82) is 0 Å². The first-order valence-corrected chi connectivity index (χ1v) is 7.43. The fourth-order valence-corrected chi connectivity index (χ4v) is 2.90. The number of alkyl halides is 3. The monoisotopic (exact) mass is 340 g/mol. The molecule has 0 fully saturated rings. The van der Waals surface area contributed by atoms with E-state index >= 15 is 0 Å². The van der Waals surface area contributed by atoms with Crippen molar-refractivity contribution < 1.29 is 17.9 Å². The van der Waals surface area contributed by atoms with Crippen LogP contribution >= 0.6 is 11.3 Å². The van der Waals surface area contributed by atoms with Gasteiger partial charge in [-0.05, 0) is 25.1 Å². The number of hydrogen-bond acceptors (Lipinski definition) is 4. The van der Waals surface area contributed by atoms with Crippen molar-refractivity contribution in [1.82, 2.24) is 9.38 Å². The van der Waals surface area contributed by atoms with Crippen LogP contribution in [0.15, 0.2) is 41.3 Å². The fraction of sp³-hybridized carbons (Fsp3) is 0.200. The molecule has 0 N–H and O–H groups in total. The molecular weight excluding hydrogens is 329 g/mol. The molecule has 0 radical (unpaired) electrons. The summed E-state index contributed by atoms with van der Waals surface area (Å²) in [4.78, 5) is 17.7. The van der Waals surface area contributed by atoms with Crippen molar-refractivity contribution in [2.75, 3.05) is 0 Å². The number of fused-ring (bicyclic) bond motifs is 1. The number of ether oxygens (including phenoxy) is 1. The summed E-state index contributed by atoms with van der Waals surface area (Å²) in [7, 11) is 0. The molecule has 0 aliphatic heterocycles. The van der Waals surface area contributed by atoms with Gasteiger partial charge in [0.25, 0.3) is 5.56 Å². The van der Waals surface area contributed by atoms with E-state index in [0.29, 0.717) is 10.7 Å². The molecule has 0 spiro atoms. The largest absolute Gasteiger partial charge is 0.487 e. The van der Waals surface area contributed by atoms with Crippen molar-refractivity contribution >= 4 is 16.3 Å². The van der Waals surface area contributed by atoms with Crippen molar-refractivity contribution in [3.8, 4) is 5.75 Å². The van der Waals surface area contributed by atoms with Crippen molar-refractivity contribution in [2.45, 2.75) is 19.7 Å². The molecule has 0 saturated heterocycles. The second kappa shape index (κ2) is 5.69. The van der Waals surface area contributed by atoms with E-state index in [9.17, 15) is 18.0 Å². The molecule has 0 unspecified atom stereocenters. The third-order valence-electron chi connectivity index (χ3n) is 3.08. The quantitative estimate of drug-likeness (QED) is 0.731. The van der Waals surface area contributed by atoms with Crippen LogP contribution < -0.4 is 10.3 Å². The standard InChI is InChI=1S/C15H11F3N2O2S/c1-9-7-20-13(21)6-11(19-14(20)23-9)8-22-12-4-2-3-10(5-12)15(16,17)18/h2-7H,8H2,1H3. The Morgan fingerprint density at radius 2 is 2.09 bits per heavy atom. The number of aromatic nitrogens is 2. The fourth-order valence-electron chi connectivity index (χ4n) is 2.05. The molecule has 1 aromatic carbocycles. The van der Waals surface area contributed by atoms with E-state index in [1.807, 2.05) is 6.92 Å². The predicted molar refractivity (Wildman–Crippen MR) is 79.9 cm³/mol. The topological polar surface area (TPSA) is 43.6 Å². The van der Waals surface area contributed by atoms with Gasteiger partial charge in [0.05, 0.1) is 11.3 Å². The Labute approximate surface area is 132 Å². The molecule has 120 valence electrons. The lowest BCUT2D eigenvalue weighted by molar-refractivity contribution is -0.137. The van der Waals surface area contributed by atoms with E-state index in [0.717, 1.165) is 17.0 Å². The van der Waals surface area contributed by atoms with Crippen LogP contribution in [0.2, 0.25) is 0 Å². The summed E-state index contributed by atoms with van der Waals surface area (Å²) in [6.45, 7) is 1.78. The molecule has 2 heterocycles. The average Bonchev–Trinajstić information content (AvgIpc) is 2.86. The van der Waals surface area contributed by atoms with Crippen molar-refractivity contribution in [2.24, 2.45) is 0 Å². The van der Waals surface area contributed by atoms with Gasteiger partial charge in [0.1, 0.15) is 12.4 Å². The zero-order valence-corrected chi connectivity index (χ0v) is 12.7. The third-order valence-corrected chi connectivity index (χ3v) is 3.98. The zero-order chi connectivity index (χ0) is 16.6. The summed E-state index contributed by atoms with van der Waals surface area (Å²) >= 11 is 1.36. The van der Waals surface area contributed by atoms with Crippen LogP contribution in [0.25, 0.3) is 4.96 Å². The zero-order valence-electron chi connectivity index (χ0n) is 11.9. The van der Waals surface area contributed by atoms with E-state index < -0.39 is 11.7 Å². The van der Waals surface area contributed by atoms with E-state index in [-0.39, 0.29) is 17.9 Å². The van der Waals surface area contributed by atoms with Gasteiger partial charge in [-0.1, -0.05) is 6.07 Å². The summed E-state index contributed by atoms with van der Waals surface area (Å²) in [5, 5.41) is 0. The van der Waals surface area contributed by atoms with Gasteiger partial charge in [-0.3, -0.25) is 9.20 Å². The molecule has 23 heavy (non-hydrogen) atoms. The highest BCUT2D eigenvalue weighted by molar-refractivity contribution is 7.16. The summed E-state index contributed by atoms with van der Waals surface area (Å²) in [6.07, 6.45) is -2.74. The van der Waals surface area contributed by atoms with Gasteiger partial charge >= 0.3 is 6.18 Å².